The predicted molar refractivity (Wildman–Crippen MR) is 117 cm³/mol. The number of hydrogen-bond donors (Lipinski definition) is 4. The molecular weight excluding hydrogens is 451 g/mol. The van der Waals surface area contributed by atoms with E-state index >= 15 is 0 Å². The molecule has 1 aromatic heterocycles. The van der Waals surface area contributed by atoms with E-state index in [9.17, 15) is 14.3 Å². The van der Waals surface area contributed by atoms with Crippen molar-refractivity contribution in [1.82, 2.24) is 20.6 Å². The maximum Gasteiger partial charge on any atom is 0.315 e. The van der Waals surface area contributed by atoms with E-state index in [0.29, 0.717) is 28.7 Å². The Bertz CT molecular complexity index is 1000. The molecule has 1 heterocycles. The molecule has 0 aliphatic heterocycles. The monoisotopic (exact) mass is 474 g/mol. The number of rotatable bonds is 5. The van der Waals surface area contributed by atoms with Crippen LogP contribution in [0.1, 0.15) is 43.1 Å². The molecule has 0 bridgehead atoms. The molecule has 3 aromatic rings. The fourth-order valence-electron chi connectivity index (χ4n) is 3.87. The molecule has 1 saturated carbocycles. The fourth-order valence-corrected chi connectivity index (χ4v) is 4.20. The first-order chi connectivity index (χ1) is 14.5. The zero-order valence-corrected chi connectivity index (χ0v) is 18.0. The largest absolute Gasteiger partial charge is 0.393 e. The summed E-state index contributed by atoms with van der Waals surface area (Å²) in [6.07, 6.45) is 2.82. The van der Waals surface area contributed by atoms with E-state index in [1.54, 1.807) is 12.1 Å². The van der Waals surface area contributed by atoms with Gasteiger partial charge in [0.25, 0.3) is 0 Å². The van der Waals surface area contributed by atoms with Crippen LogP contribution in [0.3, 0.4) is 0 Å². The van der Waals surface area contributed by atoms with Gasteiger partial charge in [-0.25, -0.2) is 14.2 Å². The summed E-state index contributed by atoms with van der Waals surface area (Å²) in [7, 11) is 0. The summed E-state index contributed by atoms with van der Waals surface area (Å²) in [6.45, 7) is 0. The van der Waals surface area contributed by atoms with Gasteiger partial charge >= 0.3 is 6.03 Å². The maximum absolute atomic E-state index is 14.5. The molecule has 0 radical (unpaired) electrons. The molecule has 0 unspecified atom stereocenters. The molecule has 6 nitrogen and oxygen atoms in total. The Morgan fingerprint density at radius 1 is 1.23 bits per heavy atom. The van der Waals surface area contributed by atoms with Crippen LogP contribution < -0.4 is 10.6 Å². The van der Waals surface area contributed by atoms with Crippen molar-refractivity contribution < 1.29 is 14.3 Å². The van der Waals surface area contributed by atoms with Crippen LogP contribution in [-0.4, -0.2) is 33.3 Å². The molecule has 1 aliphatic rings. The van der Waals surface area contributed by atoms with E-state index in [0.717, 1.165) is 23.9 Å². The normalized spacial score (nSPS) is 20.1. The minimum Gasteiger partial charge on any atom is -0.393 e. The molecule has 0 saturated heterocycles. The highest BCUT2D eigenvalue weighted by Crippen LogP contribution is 2.24. The molecule has 0 spiro atoms. The minimum absolute atomic E-state index is 0.0224. The van der Waals surface area contributed by atoms with Gasteiger partial charge in [-0.3, -0.25) is 0 Å². The zero-order chi connectivity index (χ0) is 21.1. The quantitative estimate of drug-likeness (QED) is 0.442. The average molecular weight is 475 g/mol. The summed E-state index contributed by atoms with van der Waals surface area (Å²) in [5.74, 6) is 0.238. The van der Waals surface area contributed by atoms with Gasteiger partial charge in [-0.1, -0.05) is 34.1 Å². The predicted octanol–water partition coefficient (Wildman–Crippen LogP) is 4.35. The maximum atomic E-state index is 14.5. The van der Waals surface area contributed by atoms with Gasteiger partial charge in [-0.05, 0) is 55.5 Å². The number of H-pyrrole nitrogens is 1. The molecule has 4 N–H and O–H groups in total. The van der Waals surface area contributed by atoms with Crippen LogP contribution >= 0.6 is 15.9 Å². The van der Waals surface area contributed by atoms with Gasteiger partial charge in [-0.15, -0.1) is 0 Å². The number of carbonyl (C=O) groups excluding carboxylic acids is 1. The summed E-state index contributed by atoms with van der Waals surface area (Å²) in [4.78, 5) is 20.5. The summed E-state index contributed by atoms with van der Waals surface area (Å²) >= 11 is 3.27. The molecule has 1 fully saturated rings. The van der Waals surface area contributed by atoms with E-state index in [-0.39, 0.29) is 30.4 Å². The van der Waals surface area contributed by atoms with Crippen molar-refractivity contribution in [2.75, 3.05) is 0 Å². The van der Waals surface area contributed by atoms with Crippen molar-refractivity contribution in [1.29, 1.82) is 0 Å². The number of carbonyl (C=O) groups is 1. The lowest BCUT2D eigenvalue weighted by molar-refractivity contribution is 0.117. The molecule has 8 heteroatoms. The Morgan fingerprint density at radius 2 is 2.00 bits per heavy atom. The Labute approximate surface area is 182 Å². The fraction of sp³-hybridized carbons (Fsp3) is 0.364. The lowest BCUT2D eigenvalue weighted by atomic mass is 9.93. The second-order valence-corrected chi connectivity index (χ2v) is 8.67. The zero-order valence-electron chi connectivity index (χ0n) is 16.4. The summed E-state index contributed by atoms with van der Waals surface area (Å²) in [6, 6.07) is 11.7. The van der Waals surface area contributed by atoms with Crippen LogP contribution in [0.15, 0.2) is 46.9 Å². The molecule has 2 amide bonds. The number of para-hydroxylation sites is 2. The van der Waals surface area contributed by atoms with Crippen LogP contribution in [0, 0.1) is 5.82 Å². The third-order valence-electron chi connectivity index (χ3n) is 5.51. The second-order valence-electron chi connectivity index (χ2n) is 7.75. The summed E-state index contributed by atoms with van der Waals surface area (Å²) < 4.78 is 15.1. The van der Waals surface area contributed by atoms with Crippen molar-refractivity contribution in [3.8, 4) is 0 Å². The highest BCUT2D eigenvalue weighted by atomic mass is 79.9. The lowest BCUT2D eigenvalue weighted by Crippen LogP contribution is -2.45. The summed E-state index contributed by atoms with van der Waals surface area (Å²) in [5.41, 5.74) is 2.14. The first-order valence-corrected chi connectivity index (χ1v) is 10.9. The van der Waals surface area contributed by atoms with Gasteiger partial charge in [0.1, 0.15) is 11.6 Å². The van der Waals surface area contributed by atoms with Crippen molar-refractivity contribution in [2.45, 2.75) is 50.3 Å². The smallest absolute Gasteiger partial charge is 0.315 e. The van der Waals surface area contributed by atoms with E-state index in [1.165, 1.54) is 6.07 Å². The van der Waals surface area contributed by atoms with Gasteiger partial charge in [0.05, 0.1) is 23.2 Å². The van der Waals surface area contributed by atoms with Crippen LogP contribution in [0.5, 0.6) is 0 Å². The molecule has 1 atom stereocenters. The minimum atomic E-state index is -0.526. The van der Waals surface area contributed by atoms with Crippen LogP contribution in [0.25, 0.3) is 11.0 Å². The van der Waals surface area contributed by atoms with E-state index in [2.05, 4.69) is 36.5 Å². The van der Waals surface area contributed by atoms with Gasteiger partial charge in [0.15, 0.2) is 0 Å². The number of aliphatic hydroxyl groups is 1. The molecule has 30 heavy (non-hydrogen) atoms. The lowest BCUT2D eigenvalue weighted by Gasteiger charge is -2.27. The SMILES string of the molecule is O=C(NC1CCC(O)CC1)N[C@H](Cc1ccc(Br)cc1F)c1nc2ccccc2[nH]1. The number of aromatic amines is 1. The topological polar surface area (TPSA) is 90.0 Å². The number of halogens is 2. The van der Waals surface area contributed by atoms with Gasteiger partial charge < -0.3 is 20.7 Å². The van der Waals surface area contributed by atoms with Crippen LogP contribution in [0.4, 0.5) is 9.18 Å². The highest BCUT2D eigenvalue weighted by molar-refractivity contribution is 9.10. The molecule has 2 aromatic carbocycles. The number of urea groups is 1. The second kappa shape index (κ2) is 9.14. The number of nitrogens with one attached hydrogen (secondary N) is 3. The first-order valence-electron chi connectivity index (χ1n) is 10.1. The van der Waals surface area contributed by atoms with Gasteiger partial charge in [-0.2, -0.15) is 0 Å². The Balaban J connectivity index is 1.54. The van der Waals surface area contributed by atoms with Crippen molar-refractivity contribution in [3.05, 3.63) is 64.1 Å². The standard InChI is InChI=1S/C22H24BrFN4O2/c23-14-6-5-13(17(24)12-14)11-20(21-26-18-3-1-2-4-19(18)27-21)28-22(30)25-15-7-9-16(29)10-8-15/h1-6,12,15-16,20,29H,7-11H2,(H,26,27)(H2,25,28,30)/t15?,16?,20-/m1/s1. The molecule has 4 rings (SSSR count). The molecule has 1 aliphatic carbocycles. The highest BCUT2D eigenvalue weighted by Gasteiger charge is 2.24. The van der Waals surface area contributed by atoms with Crippen molar-refractivity contribution in [3.63, 3.8) is 0 Å². The number of benzene rings is 2. The number of nitrogens with zero attached hydrogens (tertiary/aromatic N) is 1. The number of imidazole rings is 1. The van der Waals surface area contributed by atoms with Crippen molar-refractivity contribution in [2.24, 2.45) is 0 Å². The van der Waals surface area contributed by atoms with Crippen molar-refractivity contribution >= 4 is 33.0 Å². The van der Waals surface area contributed by atoms with E-state index in [1.807, 2.05) is 24.3 Å². The Morgan fingerprint density at radius 3 is 2.73 bits per heavy atom. The van der Waals surface area contributed by atoms with E-state index < -0.39 is 6.04 Å². The number of fused-ring (bicyclic) bond motifs is 1. The molecular formula is C22H24BrFN4O2. The number of aliphatic hydroxyl groups excluding tert-OH is 1. The van der Waals surface area contributed by atoms with Gasteiger partial charge in [0, 0.05) is 16.9 Å². The third-order valence-corrected chi connectivity index (χ3v) is 6.01. The summed E-state index contributed by atoms with van der Waals surface area (Å²) in [5, 5.41) is 15.6. The van der Waals surface area contributed by atoms with Crippen LogP contribution in [0.2, 0.25) is 0 Å². The number of amides is 2. The van der Waals surface area contributed by atoms with E-state index in [4.69, 9.17) is 0 Å². The average Bonchev–Trinajstić information content (AvgIpc) is 3.15. The Kier molecular flexibility index (Phi) is 6.34. The first kappa shape index (κ1) is 20.8. The van der Waals surface area contributed by atoms with Crippen LogP contribution in [-0.2, 0) is 6.42 Å². The third kappa shape index (κ3) is 4.99. The molecule has 158 valence electrons. The Hall–Kier alpha value is -2.45. The number of aromatic nitrogens is 2. The number of hydrogen-bond acceptors (Lipinski definition) is 3. The van der Waals surface area contributed by atoms with Gasteiger partial charge in [0.2, 0.25) is 0 Å².